The average molecular weight is 426 g/mol. The minimum Gasteiger partial charge on any atom is -0.362 e. The van der Waals surface area contributed by atoms with Gasteiger partial charge in [0.25, 0.3) is 11.6 Å². The summed E-state index contributed by atoms with van der Waals surface area (Å²) in [5.74, 6) is -0.0462. The SMILES string of the molecule is O=C(C(c1ccccc1)n1cccn1)N1CCN(c2ccc(Cl)cc2[N+](=O)[O-])CC1. The molecule has 1 aromatic heterocycles. The van der Waals surface area contributed by atoms with Crippen LogP contribution < -0.4 is 4.90 Å². The van der Waals surface area contributed by atoms with Gasteiger partial charge in [-0.25, -0.2) is 0 Å². The van der Waals surface area contributed by atoms with Crippen LogP contribution in [-0.4, -0.2) is 51.7 Å². The van der Waals surface area contributed by atoms with Crippen molar-refractivity contribution in [1.29, 1.82) is 0 Å². The van der Waals surface area contributed by atoms with Gasteiger partial charge in [-0.1, -0.05) is 41.9 Å². The van der Waals surface area contributed by atoms with Crippen molar-refractivity contribution >= 4 is 28.9 Å². The quantitative estimate of drug-likeness (QED) is 0.462. The first-order valence-corrected chi connectivity index (χ1v) is 9.94. The summed E-state index contributed by atoms with van der Waals surface area (Å²) in [5.41, 5.74) is 1.35. The number of rotatable bonds is 5. The summed E-state index contributed by atoms with van der Waals surface area (Å²) < 4.78 is 1.66. The highest BCUT2D eigenvalue weighted by Gasteiger charge is 2.31. The van der Waals surface area contributed by atoms with Crippen molar-refractivity contribution in [2.24, 2.45) is 0 Å². The smallest absolute Gasteiger partial charge is 0.294 e. The topological polar surface area (TPSA) is 84.5 Å². The molecule has 1 unspecified atom stereocenters. The normalized spacial score (nSPS) is 15.1. The van der Waals surface area contributed by atoms with E-state index in [-0.39, 0.29) is 11.6 Å². The number of halogens is 1. The van der Waals surface area contributed by atoms with Crippen LogP contribution in [0.3, 0.4) is 0 Å². The van der Waals surface area contributed by atoms with Crippen molar-refractivity contribution < 1.29 is 9.72 Å². The van der Waals surface area contributed by atoms with Gasteiger partial charge in [-0.2, -0.15) is 5.10 Å². The van der Waals surface area contributed by atoms with Crippen molar-refractivity contribution in [2.45, 2.75) is 6.04 Å². The molecular formula is C21H20ClN5O3. The van der Waals surface area contributed by atoms with E-state index in [1.165, 1.54) is 6.07 Å². The van der Waals surface area contributed by atoms with Gasteiger partial charge < -0.3 is 9.80 Å². The highest BCUT2D eigenvalue weighted by atomic mass is 35.5. The zero-order chi connectivity index (χ0) is 21.1. The molecule has 0 N–H and O–H groups in total. The molecular weight excluding hydrogens is 406 g/mol. The van der Waals surface area contributed by atoms with Crippen molar-refractivity contribution in [3.8, 4) is 0 Å². The Bertz CT molecular complexity index is 1030. The number of nitro benzene ring substituents is 1. The maximum absolute atomic E-state index is 13.4. The maximum Gasteiger partial charge on any atom is 0.294 e. The number of nitrogens with zero attached hydrogens (tertiary/aromatic N) is 5. The number of hydrogen-bond donors (Lipinski definition) is 0. The molecule has 3 aromatic rings. The number of carbonyl (C=O) groups is 1. The Morgan fingerprint density at radius 2 is 1.80 bits per heavy atom. The van der Waals surface area contributed by atoms with Gasteiger partial charge in [0.15, 0.2) is 6.04 Å². The predicted molar refractivity (Wildman–Crippen MR) is 114 cm³/mol. The molecule has 2 heterocycles. The fourth-order valence-corrected chi connectivity index (χ4v) is 3.89. The van der Waals surface area contributed by atoms with Gasteiger partial charge in [0.05, 0.1) is 4.92 Å². The molecule has 1 amide bonds. The van der Waals surface area contributed by atoms with E-state index in [4.69, 9.17) is 11.6 Å². The summed E-state index contributed by atoms with van der Waals surface area (Å²) in [6, 6.07) is 15.4. The fraction of sp³-hybridized carbons (Fsp3) is 0.238. The van der Waals surface area contributed by atoms with E-state index in [9.17, 15) is 14.9 Å². The lowest BCUT2D eigenvalue weighted by Crippen LogP contribution is -2.51. The van der Waals surface area contributed by atoms with Crippen LogP contribution in [0, 0.1) is 10.1 Å². The molecule has 0 spiro atoms. The summed E-state index contributed by atoms with van der Waals surface area (Å²) in [6.45, 7) is 1.91. The van der Waals surface area contributed by atoms with Crippen LogP contribution in [0.25, 0.3) is 0 Å². The first-order chi connectivity index (χ1) is 14.5. The monoisotopic (exact) mass is 425 g/mol. The van der Waals surface area contributed by atoms with E-state index < -0.39 is 11.0 Å². The molecule has 0 saturated carbocycles. The van der Waals surface area contributed by atoms with Crippen molar-refractivity contribution in [3.63, 3.8) is 0 Å². The van der Waals surface area contributed by atoms with Gasteiger partial charge in [0.1, 0.15) is 5.69 Å². The van der Waals surface area contributed by atoms with E-state index in [0.29, 0.717) is 36.9 Å². The molecule has 154 valence electrons. The van der Waals surface area contributed by atoms with Crippen molar-refractivity contribution in [1.82, 2.24) is 14.7 Å². The van der Waals surface area contributed by atoms with Gasteiger partial charge in [-0.3, -0.25) is 19.6 Å². The largest absolute Gasteiger partial charge is 0.362 e. The Balaban J connectivity index is 1.52. The number of benzene rings is 2. The van der Waals surface area contributed by atoms with E-state index in [1.807, 2.05) is 35.2 Å². The second-order valence-corrected chi connectivity index (χ2v) is 7.44. The van der Waals surface area contributed by atoms with Gasteiger partial charge in [0.2, 0.25) is 0 Å². The molecule has 4 rings (SSSR count). The first kappa shape index (κ1) is 19.9. The van der Waals surface area contributed by atoms with Crippen LogP contribution in [0.4, 0.5) is 11.4 Å². The molecule has 2 aromatic carbocycles. The molecule has 1 aliphatic heterocycles. The van der Waals surface area contributed by atoms with E-state index >= 15 is 0 Å². The Kier molecular flexibility index (Phi) is 5.67. The molecule has 0 aliphatic carbocycles. The van der Waals surface area contributed by atoms with Crippen LogP contribution in [-0.2, 0) is 4.79 Å². The molecule has 30 heavy (non-hydrogen) atoms. The average Bonchev–Trinajstić information content (AvgIpc) is 3.29. The Hall–Kier alpha value is -3.39. The lowest BCUT2D eigenvalue weighted by atomic mass is 10.1. The number of anilines is 1. The molecule has 1 aliphatic rings. The number of hydrogen-bond acceptors (Lipinski definition) is 5. The Morgan fingerprint density at radius 1 is 1.07 bits per heavy atom. The van der Waals surface area contributed by atoms with Crippen LogP contribution >= 0.6 is 11.6 Å². The van der Waals surface area contributed by atoms with Crippen LogP contribution in [0.15, 0.2) is 67.0 Å². The maximum atomic E-state index is 13.4. The molecule has 1 saturated heterocycles. The highest BCUT2D eigenvalue weighted by molar-refractivity contribution is 6.30. The lowest BCUT2D eigenvalue weighted by molar-refractivity contribution is -0.384. The van der Waals surface area contributed by atoms with Gasteiger partial charge in [0, 0.05) is 49.7 Å². The highest BCUT2D eigenvalue weighted by Crippen LogP contribution is 2.32. The number of nitro groups is 1. The van der Waals surface area contributed by atoms with Crippen LogP contribution in [0.1, 0.15) is 11.6 Å². The third-order valence-electron chi connectivity index (χ3n) is 5.20. The third-order valence-corrected chi connectivity index (χ3v) is 5.44. The number of amides is 1. The standard InChI is InChI=1S/C21H20ClN5O3/c22-17-7-8-18(19(15-17)27(29)30)24-11-13-25(14-12-24)21(28)20(26-10-4-9-23-26)16-5-2-1-3-6-16/h1-10,15,20H,11-14H2. The summed E-state index contributed by atoms with van der Waals surface area (Å²) in [4.78, 5) is 28.1. The molecule has 9 heteroatoms. The lowest BCUT2D eigenvalue weighted by Gasteiger charge is -2.37. The fourth-order valence-electron chi connectivity index (χ4n) is 3.73. The molecule has 0 bridgehead atoms. The number of aromatic nitrogens is 2. The Morgan fingerprint density at radius 3 is 2.43 bits per heavy atom. The van der Waals surface area contributed by atoms with Crippen LogP contribution in [0.5, 0.6) is 0 Å². The summed E-state index contributed by atoms with van der Waals surface area (Å²) in [5, 5.41) is 16.0. The van der Waals surface area contributed by atoms with Gasteiger partial charge in [-0.05, 0) is 23.8 Å². The molecule has 1 fully saturated rings. The summed E-state index contributed by atoms with van der Waals surface area (Å²) in [6.07, 6.45) is 3.43. The number of carbonyl (C=O) groups excluding carboxylic acids is 1. The zero-order valence-corrected chi connectivity index (χ0v) is 16.9. The Labute approximate surface area is 178 Å². The minimum atomic E-state index is -0.544. The summed E-state index contributed by atoms with van der Waals surface area (Å²) in [7, 11) is 0. The second kappa shape index (κ2) is 8.54. The molecule has 0 radical (unpaired) electrons. The van der Waals surface area contributed by atoms with Gasteiger partial charge >= 0.3 is 0 Å². The molecule has 8 nitrogen and oxygen atoms in total. The zero-order valence-electron chi connectivity index (χ0n) is 16.1. The summed E-state index contributed by atoms with van der Waals surface area (Å²) >= 11 is 5.92. The predicted octanol–water partition coefficient (Wildman–Crippen LogP) is 3.38. The second-order valence-electron chi connectivity index (χ2n) is 7.00. The number of piperazine rings is 1. The van der Waals surface area contributed by atoms with E-state index in [2.05, 4.69) is 5.10 Å². The van der Waals surface area contributed by atoms with Crippen molar-refractivity contribution in [2.75, 3.05) is 31.1 Å². The first-order valence-electron chi connectivity index (χ1n) is 9.56. The van der Waals surface area contributed by atoms with E-state index in [1.54, 1.807) is 40.2 Å². The van der Waals surface area contributed by atoms with Crippen molar-refractivity contribution in [3.05, 3.63) is 87.7 Å². The van der Waals surface area contributed by atoms with Crippen LogP contribution in [0.2, 0.25) is 5.02 Å². The van der Waals surface area contributed by atoms with Gasteiger partial charge in [-0.15, -0.1) is 0 Å². The third kappa shape index (κ3) is 3.99. The minimum absolute atomic E-state index is 0.0269. The molecule has 1 atom stereocenters. The van der Waals surface area contributed by atoms with E-state index in [0.717, 1.165) is 5.56 Å².